The molecule has 0 amide bonds. The van der Waals surface area contributed by atoms with Gasteiger partial charge < -0.3 is 18.9 Å². The first-order chi connectivity index (χ1) is 33.5. The highest BCUT2D eigenvalue weighted by Crippen LogP contribution is 2.47. The minimum atomic E-state index is -1.07. The van der Waals surface area contributed by atoms with Gasteiger partial charge in [-0.05, 0) is 118 Å². The molecule has 0 aliphatic carbocycles. The predicted octanol–water partition coefficient (Wildman–Crippen LogP) is 11.6. The maximum atomic E-state index is 14.4. The Hall–Kier alpha value is -7.88. The van der Waals surface area contributed by atoms with Crippen molar-refractivity contribution < 1.29 is 28.5 Å². The topological polar surface area (TPSA) is 71.1 Å². The molecule has 68 heavy (non-hydrogen) atoms. The average molecular weight is 923 g/mol. The molecule has 0 fully saturated rings. The summed E-state index contributed by atoms with van der Waals surface area (Å²) in [6.45, 7) is 0. The fraction of sp³-hybridized carbons (Fsp3) is 0.0333. The lowest BCUT2D eigenvalue weighted by Gasteiger charge is -2.22. The Morgan fingerprint density at radius 3 is 1.00 bits per heavy atom. The Morgan fingerprint density at radius 1 is 0.353 bits per heavy atom. The van der Waals surface area contributed by atoms with Crippen LogP contribution < -0.4 is 50.8 Å². The summed E-state index contributed by atoms with van der Waals surface area (Å²) in [5.41, 5.74) is 2.45. The van der Waals surface area contributed by atoms with Crippen molar-refractivity contribution >= 4 is 81.2 Å². The van der Waals surface area contributed by atoms with Gasteiger partial charge in [0.15, 0.2) is 0 Å². The summed E-state index contributed by atoms with van der Waals surface area (Å²) < 4.78 is 24.8. The summed E-state index contributed by atoms with van der Waals surface area (Å²) in [5.74, 6) is 0.988. The molecule has 330 valence electrons. The van der Waals surface area contributed by atoms with Gasteiger partial charge in [-0.2, -0.15) is 0 Å². The number of hydrogen-bond acceptors (Lipinski definition) is 6. The molecule has 0 unspecified atom stereocenters. The van der Waals surface area contributed by atoms with Crippen LogP contribution in [0.15, 0.2) is 231 Å². The van der Waals surface area contributed by atoms with E-state index < -0.39 is 27.8 Å². The normalized spacial score (nSPS) is 11.2. The number of fused-ring (bicyclic) bond motifs is 2. The van der Waals surface area contributed by atoms with E-state index in [1.54, 1.807) is 14.2 Å². The smallest absolute Gasteiger partial charge is 0.344 e. The fourth-order valence-electron chi connectivity index (χ4n) is 8.71. The summed E-state index contributed by atoms with van der Waals surface area (Å²) in [6.07, 6.45) is 0. The van der Waals surface area contributed by atoms with Crippen LogP contribution in [0.1, 0.15) is 20.7 Å². The molecule has 0 spiro atoms. The van der Waals surface area contributed by atoms with E-state index in [4.69, 9.17) is 18.9 Å². The van der Waals surface area contributed by atoms with Crippen LogP contribution in [0.2, 0.25) is 0 Å². The Labute approximate surface area is 397 Å². The molecule has 0 aliphatic rings. The van der Waals surface area contributed by atoms with Crippen LogP contribution in [0.3, 0.4) is 0 Å². The van der Waals surface area contributed by atoms with Gasteiger partial charge in [0.25, 0.3) is 0 Å². The third kappa shape index (κ3) is 8.88. The van der Waals surface area contributed by atoms with E-state index in [1.807, 2.05) is 182 Å². The fourth-order valence-corrected chi connectivity index (χ4v) is 13.6. The molecule has 10 aromatic carbocycles. The first-order valence-electron chi connectivity index (χ1n) is 22.1. The third-order valence-electron chi connectivity index (χ3n) is 11.8. The van der Waals surface area contributed by atoms with Crippen molar-refractivity contribution in [2.24, 2.45) is 0 Å². The number of ether oxygens (including phenoxy) is 4. The second-order valence-corrected chi connectivity index (χ2v) is 20.2. The zero-order valence-electron chi connectivity index (χ0n) is 37.3. The average Bonchev–Trinajstić information content (AvgIpc) is 3.39. The molecule has 0 heterocycles. The van der Waals surface area contributed by atoms with Crippen LogP contribution in [0.4, 0.5) is 0 Å². The third-order valence-corrected chi connectivity index (χ3v) is 16.8. The number of esters is 2. The van der Waals surface area contributed by atoms with Gasteiger partial charge in [-0.3, -0.25) is 0 Å². The second-order valence-electron chi connectivity index (χ2n) is 15.9. The minimum Gasteiger partial charge on any atom is -0.496 e. The van der Waals surface area contributed by atoms with Gasteiger partial charge >= 0.3 is 11.9 Å². The van der Waals surface area contributed by atoms with E-state index >= 15 is 0 Å². The van der Waals surface area contributed by atoms with E-state index in [-0.39, 0.29) is 0 Å². The Balaban J connectivity index is 1.03. The predicted molar refractivity (Wildman–Crippen MR) is 280 cm³/mol. The highest BCUT2D eigenvalue weighted by atomic mass is 31.1. The number of benzene rings is 10. The van der Waals surface area contributed by atoms with Crippen molar-refractivity contribution in [3.8, 4) is 34.1 Å². The van der Waals surface area contributed by atoms with E-state index in [0.717, 1.165) is 64.5 Å². The lowest BCUT2D eigenvalue weighted by molar-refractivity contribution is 0.0726. The van der Waals surface area contributed by atoms with Crippen LogP contribution in [-0.4, -0.2) is 26.2 Å². The summed E-state index contributed by atoms with van der Waals surface area (Å²) in [7, 11) is 1.11. The lowest BCUT2D eigenvalue weighted by Crippen LogP contribution is -2.26. The SMILES string of the molecule is COc1ccc2ccc(OC(=O)c3ccccc3P(c3ccccc3)c3ccccc3)cc2c1-c1c(OC)ccc2ccc(OC(=O)c3ccccc3P(c3ccccc3)c3ccccc3)cc12. The van der Waals surface area contributed by atoms with Gasteiger partial charge in [0.2, 0.25) is 0 Å². The monoisotopic (exact) mass is 922 g/mol. The van der Waals surface area contributed by atoms with Crippen molar-refractivity contribution in [2.75, 3.05) is 14.2 Å². The molecule has 6 nitrogen and oxygen atoms in total. The van der Waals surface area contributed by atoms with Crippen LogP contribution in [0.5, 0.6) is 23.0 Å². The maximum absolute atomic E-state index is 14.4. The van der Waals surface area contributed by atoms with Gasteiger partial charge in [-0.1, -0.05) is 182 Å². The van der Waals surface area contributed by atoms with Crippen LogP contribution in [0, 0.1) is 0 Å². The number of carbonyl (C=O) groups excluding carboxylic acids is 2. The molecule has 0 N–H and O–H groups in total. The van der Waals surface area contributed by atoms with Crippen molar-refractivity contribution in [3.05, 3.63) is 242 Å². The van der Waals surface area contributed by atoms with Crippen molar-refractivity contribution in [1.29, 1.82) is 0 Å². The van der Waals surface area contributed by atoms with Crippen molar-refractivity contribution in [1.82, 2.24) is 0 Å². The molecule has 0 saturated heterocycles. The van der Waals surface area contributed by atoms with Gasteiger partial charge in [0.05, 0.1) is 25.3 Å². The minimum absolute atomic E-state index is 0.369. The summed E-state index contributed by atoms with van der Waals surface area (Å²) in [5, 5.41) is 9.66. The quantitative estimate of drug-likeness (QED) is 0.0652. The van der Waals surface area contributed by atoms with Crippen LogP contribution >= 0.6 is 15.8 Å². The molecule has 0 bridgehead atoms. The van der Waals surface area contributed by atoms with Gasteiger partial charge in [0.1, 0.15) is 23.0 Å². The first kappa shape index (κ1) is 44.0. The van der Waals surface area contributed by atoms with Gasteiger partial charge in [-0.15, -0.1) is 0 Å². The number of hydrogen-bond donors (Lipinski definition) is 0. The number of methoxy groups -OCH3 is 2. The molecular weight excluding hydrogens is 879 g/mol. The first-order valence-corrected chi connectivity index (χ1v) is 24.8. The molecule has 0 aliphatic heterocycles. The van der Waals surface area contributed by atoms with Crippen molar-refractivity contribution in [3.63, 3.8) is 0 Å². The Bertz CT molecular complexity index is 3110. The zero-order valence-corrected chi connectivity index (χ0v) is 39.1. The molecule has 0 saturated carbocycles. The highest BCUT2D eigenvalue weighted by molar-refractivity contribution is 7.80. The van der Waals surface area contributed by atoms with Crippen molar-refractivity contribution in [2.45, 2.75) is 0 Å². The summed E-state index contributed by atoms with van der Waals surface area (Å²) >= 11 is 0. The standard InChI is InChI=1S/C60H44O6P2/c1-63-53-37-33-41-31-35-43(65-59(61)49-27-15-17-29-55(49)67(45-19-7-3-8-20-45)46-21-9-4-10-22-46)39-51(41)57(53)58-52-40-44(36-32-42(52)34-38-54(58)64-2)66-60(62)50-28-16-18-30-56(50)68(47-23-11-5-12-24-47)48-25-13-6-14-26-48/h3-40H,1-2H3. The Kier molecular flexibility index (Phi) is 12.9. The number of rotatable bonds is 13. The number of carbonyl (C=O) groups is 2. The maximum Gasteiger partial charge on any atom is 0.344 e. The zero-order chi connectivity index (χ0) is 46.4. The molecule has 0 atom stereocenters. The molecule has 0 aromatic heterocycles. The lowest BCUT2D eigenvalue weighted by atomic mass is 9.92. The highest BCUT2D eigenvalue weighted by Gasteiger charge is 2.26. The van der Waals surface area contributed by atoms with E-state index in [9.17, 15) is 9.59 Å². The Morgan fingerprint density at radius 2 is 0.662 bits per heavy atom. The summed E-state index contributed by atoms with van der Waals surface area (Å²) in [4.78, 5) is 28.9. The molecule has 10 aromatic rings. The second kappa shape index (κ2) is 19.9. The van der Waals surface area contributed by atoms with E-state index in [0.29, 0.717) is 34.1 Å². The van der Waals surface area contributed by atoms with Gasteiger partial charge in [-0.25, -0.2) is 9.59 Å². The summed E-state index contributed by atoms with van der Waals surface area (Å²) in [6, 6.07) is 75.6. The van der Waals surface area contributed by atoms with Crippen LogP contribution in [-0.2, 0) is 0 Å². The largest absolute Gasteiger partial charge is 0.496 e. The van der Waals surface area contributed by atoms with E-state index in [1.165, 1.54) is 0 Å². The molecular formula is C60H44O6P2. The molecule has 10 rings (SSSR count). The van der Waals surface area contributed by atoms with E-state index in [2.05, 4.69) is 48.5 Å². The molecule has 0 radical (unpaired) electrons. The van der Waals surface area contributed by atoms with Gasteiger partial charge in [0, 0.05) is 11.1 Å². The van der Waals surface area contributed by atoms with Crippen LogP contribution in [0.25, 0.3) is 32.7 Å². The molecule has 8 heteroatoms.